The van der Waals surface area contributed by atoms with E-state index in [4.69, 9.17) is 17.3 Å². The van der Waals surface area contributed by atoms with Crippen molar-refractivity contribution in [2.45, 2.75) is 12.5 Å². The molecule has 0 aliphatic rings. The Bertz CT molecular complexity index is 562. The zero-order chi connectivity index (χ0) is 13.1. The molecule has 0 amide bonds. The molecule has 1 aromatic heterocycles. The predicted octanol–water partition coefficient (Wildman–Crippen LogP) is 3.36. The normalized spacial score (nSPS) is 12.4. The second-order valence-corrected chi connectivity index (χ2v) is 5.33. The number of nitrogens with zero attached hydrogens (tertiary/aromatic N) is 1. The van der Waals surface area contributed by atoms with E-state index in [0.29, 0.717) is 22.8 Å². The summed E-state index contributed by atoms with van der Waals surface area (Å²) in [7, 11) is 0. The van der Waals surface area contributed by atoms with Gasteiger partial charge in [-0.05, 0) is 23.8 Å². The minimum atomic E-state index is -0.717. The number of nitrogen functional groups attached to an aromatic ring is 1. The molecule has 3 N–H and O–H groups in total. The Balaban J connectivity index is 2.21. The smallest absolute Gasteiger partial charge is 0.129 e. The van der Waals surface area contributed by atoms with Crippen molar-refractivity contribution in [3.8, 4) is 0 Å². The highest BCUT2D eigenvalue weighted by molar-refractivity contribution is 9.10. The summed E-state index contributed by atoms with van der Waals surface area (Å²) in [5.41, 5.74) is 7.30. The highest BCUT2D eigenvalue weighted by Crippen LogP contribution is 2.25. The molecule has 0 saturated heterocycles. The maximum atomic E-state index is 10.2. The molecule has 94 valence electrons. The monoisotopic (exact) mass is 326 g/mol. The summed E-state index contributed by atoms with van der Waals surface area (Å²) < 4.78 is 0.976. The summed E-state index contributed by atoms with van der Waals surface area (Å²) in [6, 6.07) is 9.41. The number of aliphatic hydroxyl groups is 1. The van der Waals surface area contributed by atoms with Crippen molar-refractivity contribution in [3.63, 3.8) is 0 Å². The molecule has 0 spiro atoms. The molecule has 0 saturated carbocycles. The van der Waals surface area contributed by atoms with Gasteiger partial charge in [-0.25, -0.2) is 4.98 Å². The fraction of sp³-hybridized carbons (Fsp3) is 0.154. The SMILES string of the molecule is Nc1ncc(Cl)cc1C(O)Cc1cccc(Br)c1. The van der Waals surface area contributed by atoms with Crippen LogP contribution in [0.4, 0.5) is 5.82 Å². The number of hydrogen-bond donors (Lipinski definition) is 2. The first kappa shape index (κ1) is 13.3. The van der Waals surface area contributed by atoms with Gasteiger partial charge in [-0.2, -0.15) is 0 Å². The molecular formula is C13H12BrClN2O. The molecule has 0 aliphatic carbocycles. The molecule has 3 nitrogen and oxygen atoms in total. The number of aromatic nitrogens is 1. The lowest BCUT2D eigenvalue weighted by Crippen LogP contribution is -2.06. The van der Waals surface area contributed by atoms with Gasteiger partial charge in [0.1, 0.15) is 5.82 Å². The van der Waals surface area contributed by atoms with Crippen LogP contribution in [0.1, 0.15) is 17.2 Å². The third-order valence-electron chi connectivity index (χ3n) is 2.59. The standard InChI is InChI=1S/C13H12BrClN2O/c14-9-3-1-2-8(4-9)5-12(18)11-6-10(15)7-17-13(11)16/h1-4,6-7,12,18H,5H2,(H2,16,17). The summed E-state index contributed by atoms with van der Waals surface area (Å²) >= 11 is 9.25. The highest BCUT2D eigenvalue weighted by atomic mass is 79.9. The van der Waals surface area contributed by atoms with Crippen LogP contribution in [-0.2, 0) is 6.42 Å². The van der Waals surface area contributed by atoms with Crippen molar-refractivity contribution in [2.24, 2.45) is 0 Å². The van der Waals surface area contributed by atoms with Gasteiger partial charge in [0.2, 0.25) is 0 Å². The molecule has 2 aromatic rings. The molecule has 0 radical (unpaired) electrons. The van der Waals surface area contributed by atoms with E-state index >= 15 is 0 Å². The molecule has 0 bridgehead atoms. The number of rotatable bonds is 3. The van der Waals surface area contributed by atoms with E-state index in [2.05, 4.69) is 20.9 Å². The first-order valence-electron chi connectivity index (χ1n) is 5.39. The summed E-state index contributed by atoms with van der Waals surface area (Å²) in [5, 5.41) is 10.6. The van der Waals surface area contributed by atoms with Crippen molar-refractivity contribution in [1.82, 2.24) is 4.98 Å². The van der Waals surface area contributed by atoms with Crippen LogP contribution in [0, 0.1) is 0 Å². The number of aliphatic hydroxyl groups excluding tert-OH is 1. The lowest BCUT2D eigenvalue weighted by molar-refractivity contribution is 0.179. The zero-order valence-electron chi connectivity index (χ0n) is 9.48. The fourth-order valence-corrected chi connectivity index (χ4v) is 2.34. The quantitative estimate of drug-likeness (QED) is 0.909. The largest absolute Gasteiger partial charge is 0.388 e. The number of anilines is 1. The first-order chi connectivity index (χ1) is 8.56. The third-order valence-corrected chi connectivity index (χ3v) is 3.29. The van der Waals surface area contributed by atoms with Crippen LogP contribution in [0.2, 0.25) is 5.02 Å². The molecule has 1 unspecified atom stereocenters. The van der Waals surface area contributed by atoms with Gasteiger partial charge in [0, 0.05) is 22.7 Å². The molecule has 18 heavy (non-hydrogen) atoms. The average molecular weight is 328 g/mol. The molecule has 0 aliphatic heterocycles. The third kappa shape index (κ3) is 3.22. The number of pyridine rings is 1. The van der Waals surface area contributed by atoms with E-state index in [1.165, 1.54) is 6.20 Å². The van der Waals surface area contributed by atoms with E-state index < -0.39 is 6.10 Å². The van der Waals surface area contributed by atoms with Crippen molar-refractivity contribution in [3.05, 3.63) is 57.2 Å². The maximum absolute atomic E-state index is 10.2. The molecule has 2 rings (SSSR count). The van der Waals surface area contributed by atoms with Gasteiger partial charge in [-0.3, -0.25) is 0 Å². The van der Waals surface area contributed by atoms with E-state index in [1.54, 1.807) is 6.07 Å². The van der Waals surface area contributed by atoms with Crippen LogP contribution in [0.3, 0.4) is 0 Å². The van der Waals surface area contributed by atoms with E-state index in [1.807, 2.05) is 24.3 Å². The van der Waals surface area contributed by atoms with Gasteiger partial charge in [-0.15, -0.1) is 0 Å². The molecule has 1 atom stereocenters. The minimum absolute atomic E-state index is 0.307. The summed E-state index contributed by atoms with van der Waals surface area (Å²) in [6.07, 6.45) is 1.21. The van der Waals surface area contributed by atoms with E-state index in [9.17, 15) is 5.11 Å². The lowest BCUT2D eigenvalue weighted by atomic mass is 10.0. The average Bonchev–Trinajstić information content (AvgIpc) is 2.32. The van der Waals surface area contributed by atoms with Crippen LogP contribution in [0.25, 0.3) is 0 Å². The molecule has 0 fully saturated rings. The van der Waals surface area contributed by atoms with Crippen LogP contribution in [-0.4, -0.2) is 10.1 Å². The summed E-state index contributed by atoms with van der Waals surface area (Å²) in [6.45, 7) is 0. The Hall–Kier alpha value is -1.10. The zero-order valence-corrected chi connectivity index (χ0v) is 11.8. The number of nitrogens with two attached hydrogens (primary N) is 1. The topological polar surface area (TPSA) is 59.1 Å². The first-order valence-corrected chi connectivity index (χ1v) is 6.57. The fourth-order valence-electron chi connectivity index (χ4n) is 1.73. The molecule has 1 heterocycles. The van der Waals surface area contributed by atoms with E-state index in [0.717, 1.165) is 10.0 Å². The Morgan fingerprint density at radius 3 is 2.89 bits per heavy atom. The summed E-state index contributed by atoms with van der Waals surface area (Å²) in [5.74, 6) is 0.307. The second-order valence-electron chi connectivity index (χ2n) is 3.98. The minimum Gasteiger partial charge on any atom is -0.388 e. The van der Waals surface area contributed by atoms with Crippen LogP contribution < -0.4 is 5.73 Å². The number of hydrogen-bond acceptors (Lipinski definition) is 3. The van der Waals surface area contributed by atoms with E-state index in [-0.39, 0.29) is 0 Å². The Kier molecular flexibility index (Phi) is 4.22. The van der Waals surface area contributed by atoms with Crippen molar-refractivity contribution < 1.29 is 5.11 Å². The highest BCUT2D eigenvalue weighted by Gasteiger charge is 2.13. The number of benzene rings is 1. The number of halogens is 2. The van der Waals surface area contributed by atoms with Gasteiger partial charge < -0.3 is 10.8 Å². The Morgan fingerprint density at radius 2 is 2.17 bits per heavy atom. The van der Waals surface area contributed by atoms with Gasteiger partial charge in [0.15, 0.2) is 0 Å². The lowest BCUT2D eigenvalue weighted by Gasteiger charge is -2.13. The Morgan fingerprint density at radius 1 is 1.39 bits per heavy atom. The maximum Gasteiger partial charge on any atom is 0.129 e. The predicted molar refractivity (Wildman–Crippen MR) is 76.5 cm³/mol. The van der Waals surface area contributed by atoms with Gasteiger partial charge in [-0.1, -0.05) is 39.7 Å². The second kappa shape index (κ2) is 5.69. The van der Waals surface area contributed by atoms with Crippen LogP contribution in [0.15, 0.2) is 41.0 Å². The van der Waals surface area contributed by atoms with Gasteiger partial charge in [0.05, 0.1) is 11.1 Å². The molecule has 1 aromatic carbocycles. The van der Waals surface area contributed by atoms with Crippen LogP contribution >= 0.6 is 27.5 Å². The van der Waals surface area contributed by atoms with Crippen molar-refractivity contribution in [1.29, 1.82) is 0 Å². The summed E-state index contributed by atoms with van der Waals surface area (Å²) in [4.78, 5) is 3.94. The van der Waals surface area contributed by atoms with Crippen molar-refractivity contribution in [2.75, 3.05) is 5.73 Å². The van der Waals surface area contributed by atoms with Crippen LogP contribution in [0.5, 0.6) is 0 Å². The Labute approximate surface area is 119 Å². The van der Waals surface area contributed by atoms with Crippen molar-refractivity contribution >= 4 is 33.3 Å². The van der Waals surface area contributed by atoms with Gasteiger partial charge in [0.25, 0.3) is 0 Å². The molecular weight excluding hydrogens is 316 g/mol. The molecule has 5 heteroatoms. The van der Waals surface area contributed by atoms with Gasteiger partial charge >= 0.3 is 0 Å².